The number of aryl methyl sites for hydroxylation is 1. The number of aliphatic hydroxyl groups is 1. The van der Waals surface area contributed by atoms with Gasteiger partial charge in [0.1, 0.15) is 5.60 Å². The molecule has 1 fully saturated rings. The summed E-state index contributed by atoms with van der Waals surface area (Å²) < 4.78 is 2.03. The van der Waals surface area contributed by atoms with Crippen molar-refractivity contribution < 1.29 is 5.11 Å². The zero-order valence-electron chi connectivity index (χ0n) is 15.9. The van der Waals surface area contributed by atoms with Crippen molar-refractivity contribution in [3.8, 4) is 11.8 Å². The Hall–Kier alpha value is -2.09. The number of nitrogens with zero attached hydrogens (tertiary/aromatic N) is 3. The van der Waals surface area contributed by atoms with E-state index >= 15 is 0 Å². The van der Waals surface area contributed by atoms with E-state index in [1.165, 1.54) is 31.4 Å². The second-order valence-corrected chi connectivity index (χ2v) is 7.68. The van der Waals surface area contributed by atoms with Gasteiger partial charge in [0.15, 0.2) is 0 Å². The fourth-order valence-corrected chi connectivity index (χ4v) is 3.46. The Morgan fingerprint density at radius 3 is 2.73 bits per heavy atom. The second-order valence-electron chi connectivity index (χ2n) is 7.68. The van der Waals surface area contributed by atoms with Crippen LogP contribution < -0.4 is 0 Å². The third kappa shape index (κ3) is 5.72. The molecular formula is C22H29N3O. The minimum absolute atomic E-state index is 0.627. The van der Waals surface area contributed by atoms with Crippen LogP contribution in [0.1, 0.15) is 50.7 Å². The number of hydrogen-bond acceptors (Lipinski definition) is 3. The molecule has 2 heterocycles. The van der Waals surface area contributed by atoms with E-state index in [9.17, 15) is 5.11 Å². The van der Waals surface area contributed by atoms with Crippen LogP contribution in [0, 0.1) is 11.8 Å². The first-order chi connectivity index (χ1) is 12.5. The Morgan fingerprint density at radius 1 is 1.23 bits per heavy atom. The third-order valence-corrected chi connectivity index (χ3v) is 4.85. The number of piperidine rings is 1. The van der Waals surface area contributed by atoms with E-state index in [1.807, 2.05) is 23.1 Å². The Bertz CT molecular complexity index is 732. The molecule has 0 bridgehead atoms. The summed E-state index contributed by atoms with van der Waals surface area (Å²) in [6.07, 6.45) is 8.92. The van der Waals surface area contributed by atoms with E-state index in [2.05, 4.69) is 46.1 Å². The minimum atomic E-state index is -0.950. The first-order valence-electron chi connectivity index (χ1n) is 9.55. The fraction of sp³-hybridized carbons (Fsp3) is 0.500. The molecule has 2 aromatic rings. The van der Waals surface area contributed by atoms with E-state index < -0.39 is 5.60 Å². The van der Waals surface area contributed by atoms with Gasteiger partial charge in [0.2, 0.25) is 0 Å². The molecule has 0 aliphatic carbocycles. The van der Waals surface area contributed by atoms with E-state index in [1.54, 1.807) is 13.8 Å². The summed E-state index contributed by atoms with van der Waals surface area (Å²) >= 11 is 0. The highest BCUT2D eigenvalue weighted by atomic mass is 16.3. The lowest BCUT2D eigenvalue weighted by atomic mass is 9.98. The lowest BCUT2D eigenvalue weighted by molar-refractivity contribution is 0.127. The van der Waals surface area contributed by atoms with Crippen molar-refractivity contribution in [2.75, 3.05) is 6.54 Å². The van der Waals surface area contributed by atoms with Gasteiger partial charge in [0, 0.05) is 37.1 Å². The standard InChI is InChI=1S/C22H29N3O/c1-22(2,26)13-11-19-7-9-20(10-8-19)18-24-15-4-3-6-21(24)12-17-25-16-5-14-23-25/h5,7-10,14,16,21,26H,3-4,6,12,15,17-18H2,1-2H3. The van der Waals surface area contributed by atoms with Crippen molar-refractivity contribution in [1.82, 2.24) is 14.7 Å². The molecule has 0 amide bonds. The first-order valence-corrected chi connectivity index (χ1v) is 9.55. The van der Waals surface area contributed by atoms with Crippen LogP contribution in [0.4, 0.5) is 0 Å². The molecule has 0 radical (unpaired) electrons. The molecule has 1 N–H and O–H groups in total. The molecular weight excluding hydrogens is 322 g/mol. The lowest BCUT2D eigenvalue weighted by Crippen LogP contribution is -2.39. The summed E-state index contributed by atoms with van der Waals surface area (Å²) in [6, 6.07) is 11.0. The van der Waals surface area contributed by atoms with Crippen molar-refractivity contribution in [2.24, 2.45) is 0 Å². The fourth-order valence-electron chi connectivity index (χ4n) is 3.46. The van der Waals surface area contributed by atoms with Gasteiger partial charge in [-0.25, -0.2) is 0 Å². The van der Waals surface area contributed by atoms with Gasteiger partial charge in [-0.2, -0.15) is 5.10 Å². The van der Waals surface area contributed by atoms with Gasteiger partial charge in [-0.05, 0) is 63.4 Å². The molecule has 1 saturated heterocycles. The maximum atomic E-state index is 9.71. The van der Waals surface area contributed by atoms with Gasteiger partial charge in [-0.1, -0.05) is 30.4 Å². The molecule has 0 spiro atoms. The number of likely N-dealkylation sites (tertiary alicyclic amines) is 1. The third-order valence-electron chi connectivity index (χ3n) is 4.85. The largest absolute Gasteiger partial charge is 0.378 e. The van der Waals surface area contributed by atoms with Gasteiger partial charge in [0.05, 0.1) is 0 Å². The predicted octanol–water partition coefficient (Wildman–Crippen LogP) is 3.45. The van der Waals surface area contributed by atoms with Gasteiger partial charge < -0.3 is 5.11 Å². The maximum Gasteiger partial charge on any atom is 0.120 e. The highest BCUT2D eigenvalue weighted by Gasteiger charge is 2.22. The Kier molecular flexibility index (Phi) is 6.13. The van der Waals surface area contributed by atoms with Crippen LogP contribution in [0.5, 0.6) is 0 Å². The van der Waals surface area contributed by atoms with Gasteiger partial charge in [-0.3, -0.25) is 9.58 Å². The van der Waals surface area contributed by atoms with Gasteiger partial charge >= 0.3 is 0 Å². The Balaban J connectivity index is 1.59. The zero-order valence-corrected chi connectivity index (χ0v) is 15.9. The van der Waals surface area contributed by atoms with Crippen LogP contribution in [-0.2, 0) is 13.1 Å². The van der Waals surface area contributed by atoms with Crippen molar-refractivity contribution >= 4 is 0 Å². The van der Waals surface area contributed by atoms with E-state index in [4.69, 9.17) is 0 Å². The van der Waals surface area contributed by atoms with Crippen molar-refractivity contribution in [1.29, 1.82) is 0 Å². The highest BCUT2D eigenvalue weighted by Crippen LogP contribution is 2.22. The van der Waals surface area contributed by atoms with Gasteiger partial charge in [-0.15, -0.1) is 0 Å². The summed E-state index contributed by atoms with van der Waals surface area (Å²) in [6.45, 7) is 6.55. The molecule has 1 atom stereocenters. The average molecular weight is 351 g/mol. The van der Waals surface area contributed by atoms with Crippen LogP contribution in [0.25, 0.3) is 0 Å². The zero-order chi connectivity index (χ0) is 18.4. The molecule has 1 unspecified atom stereocenters. The molecule has 1 aromatic heterocycles. The SMILES string of the molecule is CC(C)(O)C#Cc1ccc(CN2CCCCC2CCn2cccn2)cc1. The Labute approximate surface area is 156 Å². The van der Waals surface area contributed by atoms with E-state index in [0.717, 1.165) is 25.1 Å². The molecule has 1 aromatic carbocycles. The summed E-state index contributed by atoms with van der Waals surface area (Å²) in [5.41, 5.74) is 1.32. The molecule has 138 valence electrons. The van der Waals surface area contributed by atoms with Crippen LogP contribution in [0.15, 0.2) is 42.7 Å². The van der Waals surface area contributed by atoms with Crippen LogP contribution in [-0.4, -0.2) is 38.0 Å². The van der Waals surface area contributed by atoms with Crippen molar-refractivity contribution in [2.45, 2.75) is 64.3 Å². The summed E-state index contributed by atoms with van der Waals surface area (Å²) in [4.78, 5) is 2.62. The van der Waals surface area contributed by atoms with E-state index in [0.29, 0.717) is 6.04 Å². The normalized spacial score (nSPS) is 18.3. The highest BCUT2D eigenvalue weighted by molar-refractivity contribution is 5.37. The maximum absolute atomic E-state index is 9.71. The summed E-state index contributed by atoms with van der Waals surface area (Å²) in [7, 11) is 0. The number of benzene rings is 1. The van der Waals surface area contributed by atoms with Crippen LogP contribution in [0.3, 0.4) is 0 Å². The Morgan fingerprint density at radius 2 is 2.04 bits per heavy atom. The quantitative estimate of drug-likeness (QED) is 0.839. The molecule has 26 heavy (non-hydrogen) atoms. The molecule has 0 saturated carbocycles. The van der Waals surface area contributed by atoms with Crippen LogP contribution in [0.2, 0.25) is 0 Å². The average Bonchev–Trinajstić information content (AvgIpc) is 3.13. The van der Waals surface area contributed by atoms with E-state index in [-0.39, 0.29) is 0 Å². The number of rotatable bonds is 5. The second kappa shape index (κ2) is 8.53. The summed E-state index contributed by atoms with van der Waals surface area (Å²) in [5, 5.41) is 14.0. The molecule has 3 rings (SSSR count). The lowest BCUT2D eigenvalue weighted by Gasteiger charge is -2.36. The van der Waals surface area contributed by atoms with Gasteiger partial charge in [0.25, 0.3) is 0 Å². The monoisotopic (exact) mass is 351 g/mol. The molecule has 1 aliphatic rings. The molecule has 4 nitrogen and oxygen atoms in total. The molecule has 1 aliphatic heterocycles. The number of hydrogen-bond donors (Lipinski definition) is 1. The molecule has 4 heteroatoms. The van der Waals surface area contributed by atoms with Crippen LogP contribution >= 0.6 is 0 Å². The predicted molar refractivity (Wildman–Crippen MR) is 105 cm³/mol. The van der Waals surface area contributed by atoms with Crippen molar-refractivity contribution in [3.05, 3.63) is 53.9 Å². The topological polar surface area (TPSA) is 41.3 Å². The smallest absolute Gasteiger partial charge is 0.120 e. The minimum Gasteiger partial charge on any atom is -0.378 e. The first kappa shape index (κ1) is 18.7. The summed E-state index contributed by atoms with van der Waals surface area (Å²) in [5.74, 6) is 5.90. The van der Waals surface area contributed by atoms with Crippen molar-refractivity contribution in [3.63, 3.8) is 0 Å². The number of aromatic nitrogens is 2.